The van der Waals surface area contributed by atoms with Crippen LogP contribution in [-0.2, 0) is 30.4 Å². The molecule has 6 heteroatoms. The largest absolute Gasteiger partial charge is 0.458 e. The first kappa shape index (κ1) is 15.1. The number of esters is 1. The summed E-state index contributed by atoms with van der Waals surface area (Å²) in [4.78, 5) is 17.6. The van der Waals surface area contributed by atoms with Gasteiger partial charge in [-0.25, -0.2) is 0 Å². The second kappa shape index (κ2) is 5.56. The second-order valence-corrected chi connectivity index (χ2v) is 6.72. The fraction of sp³-hybridized carbons (Fsp3) is 0.588. The third-order valence-corrected chi connectivity index (χ3v) is 4.53. The van der Waals surface area contributed by atoms with E-state index in [9.17, 15) is 4.79 Å². The molecule has 0 aromatic heterocycles. The minimum atomic E-state index is -0.621. The van der Waals surface area contributed by atoms with Gasteiger partial charge in [-0.2, -0.15) is 5.06 Å². The van der Waals surface area contributed by atoms with Crippen molar-refractivity contribution in [2.75, 3.05) is 6.61 Å². The molecular weight excluding hydrogens is 298 g/mol. The molecular formula is C17H21NO5. The van der Waals surface area contributed by atoms with Crippen molar-refractivity contribution in [1.29, 1.82) is 0 Å². The highest BCUT2D eigenvalue weighted by Gasteiger charge is 2.56. The Bertz CT molecular complexity index is 590. The normalized spacial score (nSPS) is 36.2. The summed E-state index contributed by atoms with van der Waals surface area (Å²) in [6.45, 7) is 4.87. The predicted molar refractivity (Wildman–Crippen MR) is 80.0 cm³/mol. The number of nitrogens with zero attached hydrogens (tertiary/aromatic N) is 1. The Morgan fingerprint density at radius 2 is 2.00 bits per heavy atom. The average Bonchev–Trinajstić information content (AvgIpc) is 3.12. The Labute approximate surface area is 135 Å². The van der Waals surface area contributed by atoms with Crippen LogP contribution in [0.5, 0.6) is 0 Å². The van der Waals surface area contributed by atoms with Crippen molar-refractivity contribution in [3.63, 3.8) is 0 Å². The first-order valence-electron chi connectivity index (χ1n) is 8.00. The standard InChI is InChI=1S/C17H21NO5/c1-17(2)20-10-13(22-17)15-16-12(8-14(19)21-16)23-18(15)9-11-6-4-3-5-7-11/h3-7,12-13,15-16H,8-10H2,1-2H3/t12-,13-,15-,16+/m1/s1. The van der Waals surface area contributed by atoms with Gasteiger partial charge in [-0.1, -0.05) is 30.3 Å². The van der Waals surface area contributed by atoms with Gasteiger partial charge in [0.1, 0.15) is 18.2 Å². The molecule has 0 bridgehead atoms. The highest BCUT2D eigenvalue weighted by molar-refractivity contribution is 5.73. The van der Waals surface area contributed by atoms with E-state index in [2.05, 4.69) is 12.1 Å². The van der Waals surface area contributed by atoms with Crippen LogP contribution in [0.25, 0.3) is 0 Å². The van der Waals surface area contributed by atoms with Crippen molar-refractivity contribution in [2.24, 2.45) is 0 Å². The van der Waals surface area contributed by atoms with Gasteiger partial charge < -0.3 is 14.2 Å². The zero-order valence-electron chi connectivity index (χ0n) is 13.3. The maximum absolute atomic E-state index is 11.6. The zero-order valence-corrected chi connectivity index (χ0v) is 13.3. The van der Waals surface area contributed by atoms with Gasteiger partial charge in [0.25, 0.3) is 0 Å². The lowest BCUT2D eigenvalue weighted by atomic mass is 10.0. The minimum Gasteiger partial charge on any atom is -0.458 e. The van der Waals surface area contributed by atoms with Crippen molar-refractivity contribution in [3.05, 3.63) is 35.9 Å². The van der Waals surface area contributed by atoms with Gasteiger partial charge in [0, 0.05) is 6.54 Å². The third kappa shape index (κ3) is 2.87. The highest BCUT2D eigenvalue weighted by atomic mass is 16.8. The summed E-state index contributed by atoms with van der Waals surface area (Å²) in [5.74, 6) is -0.827. The number of hydrogen-bond acceptors (Lipinski definition) is 6. The van der Waals surface area contributed by atoms with Crippen molar-refractivity contribution < 1.29 is 23.8 Å². The molecule has 1 aromatic carbocycles. The molecule has 0 saturated carbocycles. The lowest BCUT2D eigenvalue weighted by molar-refractivity contribution is -0.199. The topological polar surface area (TPSA) is 57.2 Å². The molecule has 6 nitrogen and oxygen atoms in total. The first-order chi connectivity index (χ1) is 11.0. The first-order valence-corrected chi connectivity index (χ1v) is 8.00. The van der Waals surface area contributed by atoms with Gasteiger partial charge in [-0.05, 0) is 19.4 Å². The predicted octanol–water partition coefficient (Wildman–Crippen LogP) is 1.64. The number of rotatable bonds is 3. The summed E-state index contributed by atoms with van der Waals surface area (Å²) in [5, 5.41) is 1.90. The quantitative estimate of drug-likeness (QED) is 0.790. The number of carbonyl (C=O) groups is 1. The SMILES string of the molecule is CC1(C)OC[C@H]([C@@H]2[C@H]3OC(=O)C[C@H]3ON2Cc2ccccc2)O1. The Balaban J connectivity index is 1.56. The number of carbonyl (C=O) groups excluding carboxylic acids is 1. The lowest BCUT2D eigenvalue weighted by Gasteiger charge is -2.29. The summed E-state index contributed by atoms with van der Waals surface area (Å²) in [5.41, 5.74) is 1.14. The highest BCUT2D eigenvalue weighted by Crippen LogP contribution is 2.38. The Morgan fingerprint density at radius 3 is 2.70 bits per heavy atom. The summed E-state index contributed by atoms with van der Waals surface area (Å²) >= 11 is 0. The molecule has 1 aromatic rings. The van der Waals surface area contributed by atoms with E-state index in [4.69, 9.17) is 19.0 Å². The molecule has 124 valence electrons. The van der Waals surface area contributed by atoms with Gasteiger partial charge in [0.05, 0.1) is 13.0 Å². The van der Waals surface area contributed by atoms with Crippen molar-refractivity contribution >= 4 is 5.97 Å². The number of benzene rings is 1. The maximum Gasteiger partial charge on any atom is 0.309 e. The van der Waals surface area contributed by atoms with Crippen molar-refractivity contribution in [1.82, 2.24) is 5.06 Å². The molecule has 0 radical (unpaired) electrons. The molecule has 0 aliphatic carbocycles. The Kier molecular flexibility index (Phi) is 3.65. The number of fused-ring (bicyclic) bond motifs is 1. The third-order valence-electron chi connectivity index (χ3n) is 4.53. The molecule has 3 aliphatic heterocycles. The molecule has 0 unspecified atom stereocenters. The molecule has 4 rings (SSSR count). The van der Waals surface area contributed by atoms with E-state index in [1.165, 1.54) is 0 Å². The fourth-order valence-electron chi connectivity index (χ4n) is 3.54. The fourth-order valence-corrected chi connectivity index (χ4v) is 3.54. The lowest BCUT2D eigenvalue weighted by Crippen LogP contribution is -2.46. The van der Waals surface area contributed by atoms with Gasteiger partial charge >= 0.3 is 5.97 Å². The van der Waals surface area contributed by atoms with Crippen LogP contribution in [0, 0.1) is 0 Å². The van der Waals surface area contributed by atoms with Crippen LogP contribution in [0.2, 0.25) is 0 Å². The van der Waals surface area contributed by atoms with E-state index in [-0.39, 0.29) is 30.3 Å². The molecule has 0 amide bonds. The van der Waals surface area contributed by atoms with Crippen LogP contribution in [0.1, 0.15) is 25.8 Å². The summed E-state index contributed by atoms with van der Waals surface area (Å²) in [7, 11) is 0. The van der Waals surface area contributed by atoms with Crippen LogP contribution in [-0.4, -0.2) is 47.8 Å². The van der Waals surface area contributed by atoms with Crippen molar-refractivity contribution in [3.8, 4) is 0 Å². The monoisotopic (exact) mass is 319 g/mol. The molecule has 3 saturated heterocycles. The van der Waals surface area contributed by atoms with Crippen LogP contribution in [0.4, 0.5) is 0 Å². The zero-order chi connectivity index (χ0) is 16.0. The van der Waals surface area contributed by atoms with E-state index in [1.54, 1.807) is 0 Å². The molecule has 23 heavy (non-hydrogen) atoms. The van der Waals surface area contributed by atoms with Gasteiger partial charge in [-0.15, -0.1) is 0 Å². The van der Waals surface area contributed by atoms with Crippen LogP contribution in [0.15, 0.2) is 30.3 Å². The van der Waals surface area contributed by atoms with Gasteiger partial charge in [0.15, 0.2) is 11.9 Å². The number of hydroxylamine groups is 2. The molecule has 3 aliphatic rings. The summed E-state index contributed by atoms with van der Waals surface area (Å²) in [6.07, 6.45) is -0.421. The number of hydrogen-bond donors (Lipinski definition) is 0. The average molecular weight is 319 g/mol. The van der Waals surface area contributed by atoms with Crippen LogP contribution >= 0.6 is 0 Å². The van der Waals surface area contributed by atoms with E-state index in [0.717, 1.165) is 5.56 Å². The number of ether oxygens (including phenoxy) is 3. The van der Waals surface area contributed by atoms with E-state index < -0.39 is 5.79 Å². The maximum atomic E-state index is 11.6. The smallest absolute Gasteiger partial charge is 0.309 e. The molecule has 0 N–H and O–H groups in total. The molecule has 0 spiro atoms. The Morgan fingerprint density at radius 1 is 1.22 bits per heavy atom. The summed E-state index contributed by atoms with van der Waals surface area (Å²) < 4.78 is 17.2. The van der Waals surface area contributed by atoms with Crippen molar-refractivity contribution in [2.45, 2.75) is 57.0 Å². The second-order valence-electron chi connectivity index (χ2n) is 6.72. The van der Waals surface area contributed by atoms with Crippen LogP contribution in [0.3, 0.4) is 0 Å². The Hall–Kier alpha value is -1.47. The van der Waals surface area contributed by atoms with E-state index >= 15 is 0 Å². The molecule has 3 heterocycles. The van der Waals surface area contributed by atoms with Gasteiger partial charge in [0.2, 0.25) is 0 Å². The molecule has 3 fully saturated rings. The minimum absolute atomic E-state index is 0.159. The van der Waals surface area contributed by atoms with Gasteiger partial charge in [-0.3, -0.25) is 9.63 Å². The van der Waals surface area contributed by atoms with E-state index in [1.807, 2.05) is 37.1 Å². The van der Waals surface area contributed by atoms with Crippen LogP contribution < -0.4 is 0 Å². The van der Waals surface area contributed by atoms with E-state index in [0.29, 0.717) is 19.6 Å². The molecule has 4 atom stereocenters. The summed E-state index contributed by atoms with van der Waals surface area (Å²) in [6, 6.07) is 9.93.